The summed E-state index contributed by atoms with van der Waals surface area (Å²) < 4.78 is 25.5. The third-order valence-electron chi connectivity index (χ3n) is 5.01. The highest BCUT2D eigenvalue weighted by atomic mass is 32.1. The molecule has 7 heteroatoms. The number of ether oxygens (including phenoxy) is 2. The number of anilines is 1. The maximum Gasteiger partial charge on any atom is 0.317 e. The standard InChI is InChI=1S/C20H19FN2O3S/c1-3-25-18(24)16-17-14-9-4-5-10-15(14)26-20(16,2)23(19(27)22-17)13-8-6-7-12(21)11-13/h4-11,16-17H,3H2,1-2H3,(H,22,27)/t16-,17+,20-/m0/s1. The molecule has 27 heavy (non-hydrogen) atoms. The van der Waals surface area contributed by atoms with Crippen LogP contribution in [-0.4, -0.2) is 23.4 Å². The third kappa shape index (κ3) is 2.73. The Labute approximate surface area is 162 Å². The van der Waals surface area contributed by atoms with E-state index in [9.17, 15) is 9.18 Å². The average molecular weight is 386 g/mol. The first-order valence-electron chi connectivity index (χ1n) is 8.76. The molecule has 2 aliphatic heterocycles. The molecule has 1 fully saturated rings. The zero-order valence-corrected chi connectivity index (χ0v) is 15.8. The second-order valence-electron chi connectivity index (χ2n) is 6.67. The van der Waals surface area contributed by atoms with E-state index in [0.29, 0.717) is 16.5 Å². The first-order chi connectivity index (χ1) is 13.0. The lowest BCUT2D eigenvalue weighted by molar-refractivity contribution is -0.159. The highest BCUT2D eigenvalue weighted by Gasteiger charge is 2.59. The maximum atomic E-state index is 13.9. The van der Waals surface area contributed by atoms with Crippen molar-refractivity contribution in [2.24, 2.45) is 5.92 Å². The number of carbonyl (C=O) groups is 1. The van der Waals surface area contributed by atoms with Crippen molar-refractivity contribution in [3.63, 3.8) is 0 Å². The Morgan fingerprint density at radius 2 is 2.11 bits per heavy atom. The van der Waals surface area contributed by atoms with Crippen LogP contribution in [0.5, 0.6) is 5.75 Å². The van der Waals surface area contributed by atoms with Gasteiger partial charge in [0.2, 0.25) is 5.72 Å². The SMILES string of the molecule is CCOC(=O)[C@@H]1[C@@H]2NC(=S)N(c3cccc(F)c3)[C@@]1(C)Oc1ccccc12. The first-order valence-corrected chi connectivity index (χ1v) is 9.17. The van der Waals surface area contributed by atoms with Gasteiger partial charge in [0.15, 0.2) is 5.11 Å². The average Bonchev–Trinajstić information content (AvgIpc) is 2.61. The van der Waals surface area contributed by atoms with Crippen LogP contribution in [0.25, 0.3) is 0 Å². The second kappa shape index (κ2) is 6.49. The van der Waals surface area contributed by atoms with Crippen molar-refractivity contribution in [3.05, 3.63) is 59.9 Å². The number of nitrogens with one attached hydrogen (secondary N) is 1. The molecule has 1 saturated heterocycles. The number of halogens is 1. The van der Waals surface area contributed by atoms with E-state index < -0.39 is 29.5 Å². The number of para-hydroxylation sites is 1. The van der Waals surface area contributed by atoms with E-state index in [0.717, 1.165) is 5.56 Å². The van der Waals surface area contributed by atoms with Crippen molar-refractivity contribution in [2.75, 3.05) is 11.5 Å². The topological polar surface area (TPSA) is 50.8 Å². The lowest BCUT2D eigenvalue weighted by Gasteiger charge is -2.55. The van der Waals surface area contributed by atoms with Crippen molar-refractivity contribution in [2.45, 2.75) is 25.6 Å². The lowest BCUT2D eigenvalue weighted by Crippen LogP contribution is -2.71. The van der Waals surface area contributed by atoms with Crippen LogP contribution in [-0.2, 0) is 9.53 Å². The van der Waals surface area contributed by atoms with Crippen LogP contribution in [0.15, 0.2) is 48.5 Å². The molecule has 0 aliphatic carbocycles. The summed E-state index contributed by atoms with van der Waals surface area (Å²) in [4.78, 5) is 14.5. The fraction of sp³-hybridized carbons (Fsp3) is 0.300. The molecular formula is C20H19FN2O3S. The van der Waals surface area contributed by atoms with Crippen molar-refractivity contribution in [3.8, 4) is 5.75 Å². The molecular weight excluding hydrogens is 367 g/mol. The summed E-state index contributed by atoms with van der Waals surface area (Å²) in [6.07, 6.45) is 0. The molecule has 2 heterocycles. The number of nitrogens with zero attached hydrogens (tertiary/aromatic N) is 1. The molecule has 0 amide bonds. The molecule has 4 rings (SSSR count). The zero-order valence-electron chi connectivity index (χ0n) is 14.9. The number of carbonyl (C=O) groups excluding carboxylic acids is 1. The number of fused-ring (bicyclic) bond motifs is 4. The van der Waals surface area contributed by atoms with Crippen LogP contribution in [0, 0.1) is 11.7 Å². The lowest BCUT2D eigenvalue weighted by atomic mass is 9.79. The van der Waals surface area contributed by atoms with E-state index in [1.54, 1.807) is 30.9 Å². The Balaban J connectivity index is 1.89. The Morgan fingerprint density at radius 3 is 2.85 bits per heavy atom. The van der Waals surface area contributed by atoms with Gasteiger partial charge in [-0.15, -0.1) is 0 Å². The van der Waals surface area contributed by atoms with Gasteiger partial charge in [0, 0.05) is 11.3 Å². The van der Waals surface area contributed by atoms with Gasteiger partial charge < -0.3 is 14.8 Å². The van der Waals surface area contributed by atoms with Gasteiger partial charge in [-0.05, 0) is 50.3 Å². The summed E-state index contributed by atoms with van der Waals surface area (Å²) in [5, 5.41) is 3.60. The first kappa shape index (κ1) is 17.7. The van der Waals surface area contributed by atoms with E-state index in [2.05, 4.69) is 5.32 Å². The second-order valence-corrected chi connectivity index (χ2v) is 7.05. The molecule has 0 saturated carbocycles. The normalized spacial score (nSPS) is 25.9. The minimum absolute atomic E-state index is 0.254. The molecule has 0 radical (unpaired) electrons. The molecule has 2 aromatic carbocycles. The minimum Gasteiger partial charge on any atom is -0.466 e. The van der Waals surface area contributed by atoms with E-state index >= 15 is 0 Å². The molecule has 2 bridgehead atoms. The predicted octanol–water partition coefficient (Wildman–Crippen LogP) is 3.55. The van der Waals surface area contributed by atoms with Crippen LogP contribution in [0.2, 0.25) is 0 Å². The molecule has 0 unspecified atom stereocenters. The predicted molar refractivity (Wildman–Crippen MR) is 103 cm³/mol. The number of thiocarbonyl (C=S) groups is 1. The van der Waals surface area contributed by atoms with Crippen molar-refractivity contribution >= 4 is 29.0 Å². The van der Waals surface area contributed by atoms with Crippen LogP contribution < -0.4 is 15.0 Å². The number of rotatable bonds is 3. The molecule has 2 aromatic rings. The molecule has 1 N–H and O–H groups in total. The van der Waals surface area contributed by atoms with Crippen molar-refractivity contribution in [1.29, 1.82) is 0 Å². The number of esters is 1. The smallest absolute Gasteiger partial charge is 0.317 e. The van der Waals surface area contributed by atoms with Crippen molar-refractivity contribution < 1.29 is 18.7 Å². The Kier molecular flexibility index (Phi) is 4.26. The van der Waals surface area contributed by atoms with E-state index in [4.69, 9.17) is 21.7 Å². The van der Waals surface area contributed by atoms with E-state index in [1.807, 2.05) is 24.3 Å². The quantitative estimate of drug-likeness (QED) is 0.643. The number of hydrogen-bond acceptors (Lipinski definition) is 4. The Bertz CT molecular complexity index is 922. The minimum atomic E-state index is -1.17. The summed E-state index contributed by atoms with van der Waals surface area (Å²) in [7, 11) is 0. The monoisotopic (exact) mass is 386 g/mol. The van der Waals surface area contributed by atoms with Gasteiger partial charge in [-0.25, -0.2) is 4.39 Å². The zero-order chi connectivity index (χ0) is 19.2. The maximum absolute atomic E-state index is 13.9. The molecule has 140 valence electrons. The summed E-state index contributed by atoms with van der Waals surface area (Å²) >= 11 is 5.57. The van der Waals surface area contributed by atoms with Crippen molar-refractivity contribution in [1.82, 2.24) is 5.32 Å². The number of hydrogen-bond donors (Lipinski definition) is 1. The molecule has 2 aliphatic rings. The highest BCUT2D eigenvalue weighted by molar-refractivity contribution is 7.80. The van der Waals surface area contributed by atoms with Gasteiger partial charge in [0.05, 0.1) is 12.6 Å². The van der Waals surface area contributed by atoms with Crippen LogP contribution in [0.4, 0.5) is 10.1 Å². The molecule has 3 atom stereocenters. The fourth-order valence-corrected chi connectivity index (χ4v) is 4.34. The van der Waals surface area contributed by atoms with Crippen LogP contribution in [0.1, 0.15) is 25.5 Å². The van der Waals surface area contributed by atoms with Gasteiger partial charge >= 0.3 is 5.97 Å². The Morgan fingerprint density at radius 1 is 1.33 bits per heavy atom. The fourth-order valence-electron chi connectivity index (χ4n) is 3.93. The van der Waals surface area contributed by atoms with Gasteiger partial charge in [-0.3, -0.25) is 9.69 Å². The third-order valence-corrected chi connectivity index (χ3v) is 5.31. The highest BCUT2D eigenvalue weighted by Crippen LogP contribution is 2.49. The van der Waals surface area contributed by atoms with Gasteiger partial charge in [-0.2, -0.15) is 0 Å². The number of benzene rings is 2. The van der Waals surface area contributed by atoms with Crippen LogP contribution in [0.3, 0.4) is 0 Å². The van der Waals surface area contributed by atoms with Gasteiger partial charge in [-0.1, -0.05) is 24.3 Å². The summed E-state index contributed by atoms with van der Waals surface area (Å²) in [5.74, 6) is -0.829. The molecule has 5 nitrogen and oxygen atoms in total. The summed E-state index contributed by atoms with van der Waals surface area (Å²) in [6, 6.07) is 13.2. The largest absolute Gasteiger partial charge is 0.466 e. The van der Waals surface area contributed by atoms with Gasteiger partial charge in [0.25, 0.3) is 0 Å². The summed E-state index contributed by atoms with van der Waals surface area (Å²) in [6.45, 7) is 3.80. The van der Waals surface area contributed by atoms with E-state index in [1.165, 1.54) is 12.1 Å². The Hall–Kier alpha value is -2.67. The van der Waals surface area contributed by atoms with Crippen LogP contribution >= 0.6 is 12.2 Å². The van der Waals surface area contributed by atoms with E-state index in [-0.39, 0.29) is 6.61 Å². The molecule has 0 aromatic heterocycles. The summed E-state index contributed by atoms with van der Waals surface area (Å²) in [5.41, 5.74) is 0.179. The molecule has 0 spiro atoms. The van der Waals surface area contributed by atoms with Gasteiger partial charge in [0.1, 0.15) is 17.5 Å².